The Morgan fingerprint density at radius 3 is 2.69 bits per heavy atom. The molecule has 0 aliphatic rings. The largest absolute Gasteiger partial charge is 0.505 e. The number of alkyl halides is 1. The van der Waals surface area contributed by atoms with Gasteiger partial charge in [-0.15, -0.1) is 11.6 Å². The van der Waals surface area contributed by atoms with Gasteiger partial charge in [-0.25, -0.2) is 4.39 Å². The Balaban J connectivity index is 2.82. The van der Waals surface area contributed by atoms with Crippen molar-refractivity contribution in [2.45, 2.75) is 13.8 Å². The highest BCUT2D eigenvalue weighted by Crippen LogP contribution is 2.23. The second-order valence-corrected chi connectivity index (χ2v) is 4.41. The minimum Gasteiger partial charge on any atom is -0.505 e. The number of anilines is 1. The normalized spacial score (nSPS) is 11.2. The van der Waals surface area contributed by atoms with Gasteiger partial charge in [-0.2, -0.15) is 0 Å². The number of nitrogens with one attached hydrogen (secondary N) is 1. The number of amides is 1. The van der Waals surface area contributed by atoms with Gasteiger partial charge in [-0.05, 0) is 26.0 Å². The maximum Gasteiger partial charge on any atom is 0.231 e. The fourth-order valence-electron chi connectivity index (χ4n) is 0.946. The van der Waals surface area contributed by atoms with Gasteiger partial charge in [-0.3, -0.25) is 4.79 Å². The Kier molecular flexibility index (Phi) is 3.75. The molecule has 1 aromatic rings. The minimum absolute atomic E-state index is 0.166. The summed E-state index contributed by atoms with van der Waals surface area (Å²) in [6.07, 6.45) is 0. The molecule has 1 rings (SSSR count). The van der Waals surface area contributed by atoms with Crippen LogP contribution in [0.4, 0.5) is 10.1 Å². The Labute approximate surface area is 98.2 Å². The molecule has 0 saturated carbocycles. The van der Waals surface area contributed by atoms with Crippen molar-refractivity contribution < 1.29 is 14.3 Å². The van der Waals surface area contributed by atoms with Crippen LogP contribution in [0.25, 0.3) is 0 Å². The van der Waals surface area contributed by atoms with Crippen LogP contribution in [-0.2, 0) is 4.79 Å². The number of hydrogen-bond acceptors (Lipinski definition) is 2. The van der Waals surface area contributed by atoms with Gasteiger partial charge in [0.2, 0.25) is 5.91 Å². The van der Waals surface area contributed by atoms with E-state index in [0.29, 0.717) is 5.69 Å². The standard InChI is InChI=1S/C11H13ClFNO2/c1-11(2,6-12)10(16)14-7-3-4-9(15)8(13)5-7/h3-5,15H,6H2,1-2H3,(H,14,16). The summed E-state index contributed by atoms with van der Waals surface area (Å²) >= 11 is 5.64. The van der Waals surface area contributed by atoms with Crippen LogP contribution in [0.2, 0.25) is 0 Å². The third-order valence-corrected chi connectivity index (χ3v) is 2.82. The molecule has 2 N–H and O–H groups in total. The van der Waals surface area contributed by atoms with Gasteiger partial charge >= 0.3 is 0 Å². The molecule has 1 amide bonds. The molecule has 0 bridgehead atoms. The van der Waals surface area contributed by atoms with Gasteiger partial charge in [0.1, 0.15) is 0 Å². The van der Waals surface area contributed by atoms with Gasteiger partial charge in [0, 0.05) is 17.6 Å². The monoisotopic (exact) mass is 245 g/mol. The highest BCUT2D eigenvalue weighted by atomic mass is 35.5. The van der Waals surface area contributed by atoms with E-state index in [4.69, 9.17) is 16.7 Å². The number of phenols is 1. The van der Waals surface area contributed by atoms with E-state index in [2.05, 4.69) is 5.32 Å². The lowest BCUT2D eigenvalue weighted by atomic mass is 9.95. The van der Waals surface area contributed by atoms with Crippen LogP contribution in [0.5, 0.6) is 5.75 Å². The summed E-state index contributed by atoms with van der Waals surface area (Å²) in [5, 5.41) is 11.5. The molecule has 0 fully saturated rings. The zero-order valence-electron chi connectivity index (χ0n) is 9.05. The second kappa shape index (κ2) is 4.70. The number of carbonyl (C=O) groups is 1. The molecular weight excluding hydrogens is 233 g/mol. The number of halogens is 2. The Hall–Kier alpha value is -1.29. The zero-order valence-corrected chi connectivity index (χ0v) is 9.81. The summed E-state index contributed by atoms with van der Waals surface area (Å²) in [6, 6.07) is 3.65. The molecule has 0 aliphatic heterocycles. The fraction of sp³-hybridized carbons (Fsp3) is 0.364. The van der Waals surface area contributed by atoms with E-state index in [1.807, 2.05) is 0 Å². The van der Waals surface area contributed by atoms with Gasteiger partial charge in [-0.1, -0.05) is 0 Å². The van der Waals surface area contributed by atoms with E-state index < -0.39 is 17.0 Å². The van der Waals surface area contributed by atoms with Crippen LogP contribution in [0.15, 0.2) is 18.2 Å². The molecule has 0 aromatic heterocycles. The SMILES string of the molecule is CC(C)(CCl)C(=O)Nc1ccc(O)c(F)c1. The zero-order chi connectivity index (χ0) is 12.3. The average molecular weight is 246 g/mol. The predicted molar refractivity (Wildman–Crippen MR) is 61.2 cm³/mol. The third kappa shape index (κ3) is 2.85. The molecule has 0 atom stereocenters. The molecule has 0 saturated heterocycles. The number of phenolic OH excluding ortho intramolecular Hbond substituents is 1. The lowest BCUT2D eigenvalue weighted by Crippen LogP contribution is -2.32. The van der Waals surface area contributed by atoms with Crippen LogP contribution in [0.1, 0.15) is 13.8 Å². The van der Waals surface area contributed by atoms with Crippen molar-refractivity contribution in [1.29, 1.82) is 0 Å². The smallest absolute Gasteiger partial charge is 0.231 e. The van der Waals surface area contributed by atoms with E-state index in [0.717, 1.165) is 6.07 Å². The summed E-state index contributed by atoms with van der Waals surface area (Å²) in [4.78, 5) is 11.7. The van der Waals surface area contributed by atoms with Crippen LogP contribution in [0, 0.1) is 11.2 Å². The first kappa shape index (κ1) is 12.8. The molecule has 5 heteroatoms. The lowest BCUT2D eigenvalue weighted by molar-refractivity contribution is -0.122. The minimum atomic E-state index is -0.776. The number of aromatic hydroxyl groups is 1. The quantitative estimate of drug-likeness (QED) is 0.636. The van der Waals surface area contributed by atoms with E-state index in [1.165, 1.54) is 12.1 Å². The highest BCUT2D eigenvalue weighted by molar-refractivity contribution is 6.20. The molecule has 1 aromatic carbocycles. The van der Waals surface area contributed by atoms with Crippen molar-refractivity contribution in [3.05, 3.63) is 24.0 Å². The second-order valence-electron chi connectivity index (χ2n) is 4.14. The topological polar surface area (TPSA) is 49.3 Å². The Morgan fingerprint density at radius 1 is 1.56 bits per heavy atom. The number of hydrogen-bond donors (Lipinski definition) is 2. The number of carbonyl (C=O) groups excluding carboxylic acids is 1. The van der Waals surface area contributed by atoms with Crippen LogP contribution in [-0.4, -0.2) is 16.9 Å². The van der Waals surface area contributed by atoms with Gasteiger partial charge in [0.15, 0.2) is 11.6 Å². The van der Waals surface area contributed by atoms with Gasteiger partial charge < -0.3 is 10.4 Å². The molecule has 0 radical (unpaired) electrons. The highest BCUT2D eigenvalue weighted by Gasteiger charge is 2.26. The van der Waals surface area contributed by atoms with Crippen molar-refractivity contribution in [1.82, 2.24) is 0 Å². The predicted octanol–water partition coefficient (Wildman–Crippen LogP) is 2.73. The van der Waals surface area contributed by atoms with Crippen molar-refractivity contribution in [2.75, 3.05) is 11.2 Å². The molecule has 0 unspecified atom stereocenters. The summed E-state index contributed by atoms with van der Waals surface area (Å²) in [7, 11) is 0. The van der Waals surface area contributed by atoms with E-state index in [1.54, 1.807) is 13.8 Å². The Morgan fingerprint density at radius 2 is 2.19 bits per heavy atom. The van der Waals surface area contributed by atoms with Crippen molar-refractivity contribution in [2.24, 2.45) is 5.41 Å². The maximum atomic E-state index is 13.0. The van der Waals surface area contributed by atoms with Crippen LogP contribution >= 0.6 is 11.6 Å². The van der Waals surface area contributed by atoms with Crippen LogP contribution < -0.4 is 5.32 Å². The summed E-state index contributed by atoms with van der Waals surface area (Å²) in [5.41, 5.74) is -0.436. The molecule has 88 valence electrons. The van der Waals surface area contributed by atoms with E-state index >= 15 is 0 Å². The van der Waals surface area contributed by atoms with Crippen molar-refractivity contribution >= 4 is 23.2 Å². The molecule has 3 nitrogen and oxygen atoms in total. The molecular formula is C11H13ClFNO2. The maximum absolute atomic E-state index is 13.0. The van der Waals surface area contributed by atoms with Crippen molar-refractivity contribution in [3.63, 3.8) is 0 Å². The first-order valence-corrected chi connectivity index (χ1v) is 5.26. The average Bonchev–Trinajstić information content (AvgIpc) is 2.23. The number of benzene rings is 1. The molecule has 0 aliphatic carbocycles. The third-order valence-electron chi connectivity index (χ3n) is 2.15. The lowest BCUT2D eigenvalue weighted by Gasteiger charge is -2.20. The molecule has 16 heavy (non-hydrogen) atoms. The fourth-order valence-corrected chi connectivity index (χ4v) is 1.07. The van der Waals surface area contributed by atoms with E-state index in [9.17, 15) is 9.18 Å². The summed E-state index contributed by atoms with van der Waals surface area (Å²) < 4.78 is 13.0. The molecule has 0 heterocycles. The Bertz CT molecular complexity index is 407. The van der Waals surface area contributed by atoms with Gasteiger partial charge in [0.25, 0.3) is 0 Å². The molecule has 0 spiro atoms. The summed E-state index contributed by atoms with van der Waals surface area (Å²) in [5.74, 6) is -1.36. The summed E-state index contributed by atoms with van der Waals surface area (Å²) in [6.45, 7) is 3.37. The first-order chi connectivity index (χ1) is 7.36. The van der Waals surface area contributed by atoms with Crippen molar-refractivity contribution in [3.8, 4) is 5.75 Å². The van der Waals surface area contributed by atoms with Crippen LogP contribution in [0.3, 0.4) is 0 Å². The van der Waals surface area contributed by atoms with Gasteiger partial charge in [0.05, 0.1) is 5.41 Å². The first-order valence-electron chi connectivity index (χ1n) is 4.73. The number of rotatable bonds is 3. The van der Waals surface area contributed by atoms with E-state index in [-0.39, 0.29) is 11.8 Å².